The molecule has 0 radical (unpaired) electrons. The number of benzene rings is 4. The van der Waals surface area contributed by atoms with Crippen LogP contribution in [0.3, 0.4) is 0 Å². The summed E-state index contributed by atoms with van der Waals surface area (Å²) in [7, 11) is 0. The van der Waals surface area contributed by atoms with Crippen LogP contribution in [0.2, 0.25) is 0 Å². The summed E-state index contributed by atoms with van der Waals surface area (Å²) in [6.07, 6.45) is 4.68. The van der Waals surface area contributed by atoms with Gasteiger partial charge in [-0.05, 0) is 90.1 Å². The smallest absolute Gasteiger partial charge is 0.330 e. The molecule has 0 saturated carbocycles. The number of hydrogen-bond acceptors (Lipinski definition) is 16. The Labute approximate surface area is 568 Å². The number of aromatic nitrogens is 3. The van der Waals surface area contributed by atoms with Crippen molar-refractivity contribution in [2.45, 2.75) is 146 Å². The SMILES string of the molecule is CC(=O)Oc1ccc(C[C@H](NC(=O)[C@H](CO)NC(=O)[C@H](Cc2c[nH]c3ccccc23)NC(=O)[C@H](Cc2c[nH]cn2)NC(=O)[C@@H]2CCC(=O)N2)C(=O)N[C@@H](Cc2ccc3ccccc3c2)C(=O)N[C@@H](CC(C)C)C(=O)N[C@@H](CCCNC(=N)N)C(=O)N2CCC[C@H]2C(=O)NNC(N)=O)cc1. The summed E-state index contributed by atoms with van der Waals surface area (Å²) in [6, 6.07) is 12.3. The second-order valence-corrected chi connectivity index (χ2v) is 24.7. The molecule has 32 nitrogen and oxygen atoms in total. The molecule has 0 spiro atoms. The second-order valence-electron chi connectivity index (χ2n) is 24.7. The number of carbonyl (C=O) groups excluding carboxylic acids is 12. The lowest BCUT2D eigenvalue weighted by Crippen LogP contribution is -2.61. The number of esters is 1. The van der Waals surface area contributed by atoms with Gasteiger partial charge in [-0.25, -0.2) is 15.2 Å². The Hall–Kier alpha value is -11.4. The number of nitrogens with one attached hydrogen (secondary N) is 14. The quantitative estimate of drug-likeness (QED) is 0.00595. The van der Waals surface area contributed by atoms with Gasteiger partial charge in [0.15, 0.2) is 5.96 Å². The van der Waals surface area contributed by atoms with Crippen LogP contribution in [0.4, 0.5) is 4.79 Å². The highest BCUT2D eigenvalue weighted by atomic mass is 16.5. The zero-order chi connectivity index (χ0) is 71.3. The number of hydrazine groups is 1. The van der Waals surface area contributed by atoms with E-state index >= 15 is 9.59 Å². The number of amides is 12. The first kappa shape index (κ1) is 73.4. The van der Waals surface area contributed by atoms with Crippen LogP contribution in [0.5, 0.6) is 5.75 Å². The van der Waals surface area contributed by atoms with Crippen LogP contribution < -0.4 is 74.9 Å². The number of aromatic amines is 2. The van der Waals surface area contributed by atoms with E-state index in [1.54, 1.807) is 50.4 Å². The number of fused-ring (bicyclic) bond motifs is 2. The first-order valence-electron chi connectivity index (χ1n) is 32.5. The number of likely N-dealkylation sites (tertiary alicyclic amines) is 1. The Bertz CT molecular complexity index is 3920. The maximum atomic E-state index is 15.2. The van der Waals surface area contributed by atoms with E-state index in [-0.39, 0.29) is 101 Å². The summed E-state index contributed by atoms with van der Waals surface area (Å²) in [5, 5.41) is 45.1. The molecule has 99 heavy (non-hydrogen) atoms. The maximum absolute atomic E-state index is 15.2. The Balaban J connectivity index is 1.07. The molecule has 12 amide bonds. The van der Waals surface area contributed by atoms with Crippen LogP contribution in [0, 0.1) is 11.3 Å². The van der Waals surface area contributed by atoms with Gasteiger partial charge >= 0.3 is 12.0 Å². The van der Waals surface area contributed by atoms with Gasteiger partial charge in [-0.15, -0.1) is 0 Å². The summed E-state index contributed by atoms with van der Waals surface area (Å²) in [5.41, 5.74) is 17.4. The van der Waals surface area contributed by atoms with Gasteiger partial charge in [-0.2, -0.15) is 0 Å². The zero-order valence-corrected chi connectivity index (χ0v) is 54.9. The van der Waals surface area contributed by atoms with E-state index in [1.807, 2.05) is 41.8 Å². The molecule has 2 saturated heterocycles. The number of ether oxygens (including phenoxy) is 1. The Morgan fingerprint density at radius 3 is 1.89 bits per heavy atom. The Morgan fingerprint density at radius 1 is 0.667 bits per heavy atom. The van der Waals surface area contributed by atoms with Crippen molar-refractivity contribution in [2.75, 3.05) is 19.7 Å². The molecule has 2 aliphatic rings. The molecule has 526 valence electrons. The molecule has 8 rings (SSSR count). The van der Waals surface area contributed by atoms with Gasteiger partial charge in [-0.3, -0.25) is 63.6 Å². The monoisotopic (exact) mass is 1360 g/mol. The number of urea groups is 1. The number of para-hydroxylation sites is 1. The molecule has 6 aromatic rings. The van der Waals surface area contributed by atoms with Gasteiger partial charge in [0.1, 0.15) is 60.1 Å². The molecule has 0 bridgehead atoms. The number of aliphatic hydroxyl groups excluding tert-OH is 1. The minimum atomic E-state index is -1.83. The third-order valence-electron chi connectivity index (χ3n) is 16.7. The topological polar surface area (TPSA) is 490 Å². The van der Waals surface area contributed by atoms with E-state index in [4.69, 9.17) is 21.6 Å². The average molecular weight is 1370 g/mol. The van der Waals surface area contributed by atoms with Crippen molar-refractivity contribution < 1.29 is 67.4 Å². The molecule has 9 atom stereocenters. The van der Waals surface area contributed by atoms with Gasteiger partial charge in [0.2, 0.25) is 53.2 Å². The second kappa shape index (κ2) is 35.0. The van der Waals surface area contributed by atoms with Gasteiger partial charge in [-0.1, -0.05) is 86.6 Å². The van der Waals surface area contributed by atoms with Gasteiger partial charge in [0.05, 0.1) is 18.6 Å². The fraction of sp³-hybridized carbons (Fsp3) is 0.403. The first-order chi connectivity index (χ1) is 47.4. The largest absolute Gasteiger partial charge is 0.427 e. The van der Waals surface area contributed by atoms with Gasteiger partial charge in [0.25, 0.3) is 5.91 Å². The molecular weight excluding hydrogens is 1280 g/mol. The van der Waals surface area contributed by atoms with Gasteiger partial charge in [0, 0.05) is 75.4 Å². The number of nitrogens with two attached hydrogens (primary N) is 2. The van der Waals surface area contributed by atoms with Crippen LogP contribution in [0.25, 0.3) is 21.7 Å². The lowest BCUT2D eigenvalue weighted by Gasteiger charge is -2.31. The standard InChI is InChI=1S/C67H84N18O14/c1-36(2)26-49(58(90)76-48(14-8-24-72-66(68)69)65(97)85-25-9-15-55(85)64(96)83-84-67(70)98)77-60(92)51(29-39-16-19-40-10-4-5-11-41(40)27-39)78-59(91)50(28-38-17-20-44(21-18-38)99-37(3)87)79-63(95)54(34-86)82-61(93)52(30-42-32-73-46-13-7-6-12-45(42)46)80-62(94)53(31-43-33-71-35-74-43)81-57(89)47-22-23-56(88)75-47/h4-7,10-13,16-21,27,32-33,35-36,47-55,73,86H,8-9,14-15,22-26,28-31,34H2,1-3H3,(H,71,74)(H,75,88)(H,76,90)(H,77,92)(H,78,91)(H,79,95)(H,80,94)(H,81,89)(H,82,93)(H,83,96)(H4,68,69,72)(H3,70,84,98)/t47-,48-,49-,50-,51-,52-,53-,54-,55-/m0/s1. The van der Waals surface area contributed by atoms with Crippen molar-refractivity contribution >= 4 is 98.7 Å². The Morgan fingerprint density at radius 2 is 1.26 bits per heavy atom. The van der Waals surface area contributed by atoms with Crippen molar-refractivity contribution in [1.82, 2.24) is 78.6 Å². The third kappa shape index (κ3) is 21.3. The van der Waals surface area contributed by atoms with Gasteiger partial charge < -0.3 is 84.0 Å². The van der Waals surface area contributed by atoms with Crippen molar-refractivity contribution in [2.24, 2.45) is 17.4 Å². The minimum absolute atomic E-state index is 0.000669. The van der Waals surface area contributed by atoms with Crippen LogP contribution in [-0.4, -0.2) is 176 Å². The van der Waals surface area contributed by atoms with Crippen LogP contribution in [0.15, 0.2) is 110 Å². The van der Waals surface area contributed by atoms with E-state index in [0.717, 1.165) is 10.8 Å². The lowest BCUT2D eigenvalue weighted by atomic mass is 9.98. The maximum Gasteiger partial charge on any atom is 0.330 e. The zero-order valence-electron chi connectivity index (χ0n) is 54.9. The molecule has 32 heteroatoms. The van der Waals surface area contributed by atoms with E-state index in [1.165, 1.54) is 48.6 Å². The predicted octanol–water partition coefficient (Wildman–Crippen LogP) is -1.10. The summed E-state index contributed by atoms with van der Waals surface area (Å²) < 4.78 is 5.24. The van der Waals surface area contributed by atoms with Crippen molar-refractivity contribution in [3.05, 3.63) is 132 Å². The number of nitrogens with zero attached hydrogens (tertiary/aromatic N) is 2. The number of carbonyl (C=O) groups is 12. The predicted molar refractivity (Wildman–Crippen MR) is 359 cm³/mol. The number of H-pyrrole nitrogens is 2. The fourth-order valence-corrected chi connectivity index (χ4v) is 11.8. The number of guanidine groups is 1. The van der Waals surface area contributed by atoms with E-state index in [2.05, 4.69) is 68.2 Å². The summed E-state index contributed by atoms with van der Waals surface area (Å²) in [6.45, 7) is 3.97. The van der Waals surface area contributed by atoms with Crippen LogP contribution in [0.1, 0.15) is 88.1 Å². The summed E-state index contributed by atoms with van der Waals surface area (Å²) in [4.78, 5) is 177. The van der Waals surface area contributed by atoms with Crippen molar-refractivity contribution in [3.63, 3.8) is 0 Å². The van der Waals surface area contributed by atoms with E-state index in [9.17, 15) is 53.1 Å². The van der Waals surface area contributed by atoms with E-state index < -0.39 is 126 Å². The number of hydrogen-bond donors (Lipinski definition) is 17. The number of imidazole rings is 1. The van der Waals surface area contributed by atoms with Crippen molar-refractivity contribution in [3.8, 4) is 5.75 Å². The van der Waals surface area contributed by atoms with Crippen LogP contribution in [-0.2, 0) is 78.4 Å². The molecule has 4 aromatic carbocycles. The lowest BCUT2D eigenvalue weighted by molar-refractivity contribution is -0.142. The number of rotatable bonds is 32. The molecule has 0 aliphatic carbocycles. The highest BCUT2D eigenvalue weighted by molar-refractivity contribution is 6.00. The van der Waals surface area contributed by atoms with Crippen molar-refractivity contribution in [1.29, 1.82) is 5.41 Å². The summed E-state index contributed by atoms with van der Waals surface area (Å²) in [5.74, 6) is -9.03. The molecule has 19 N–H and O–H groups in total. The highest BCUT2D eigenvalue weighted by Crippen LogP contribution is 2.23. The molecule has 2 fully saturated rings. The van der Waals surface area contributed by atoms with Crippen LogP contribution >= 0.6 is 0 Å². The third-order valence-corrected chi connectivity index (χ3v) is 16.7. The molecule has 2 aliphatic heterocycles. The normalized spacial score (nSPS) is 16.3. The average Bonchev–Trinajstić information content (AvgIpc) is 1.80. The number of aliphatic hydroxyl groups is 1. The molecule has 2 aromatic heterocycles. The first-order valence-corrected chi connectivity index (χ1v) is 32.5. The summed E-state index contributed by atoms with van der Waals surface area (Å²) >= 11 is 0. The fourth-order valence-electron chi connectivity index (χ4n) is 11.8. The molecule has 0 unspecified atom stereocenters. The molecule has 4 heterocycles. The highest BCUT2D eigenvalue weighted by Gasteiger charge is 2.40. The molecular formula is C67H84N18O14. The number of primary amides is 1. The Kier molecular flexibility index (Phi) is 25.9. The van der Waals surface area contributed by atoms with E-state index in [0.29, 0.717) is 39.7 Å². The minimum Gasteiger partial charge on any atom is -0.427 e.